The van der Waals surface area contributed by atoms with Gasteiger partial charge in [-0.05, 0) is 24.5 Å². The van der Waals surface area contributed by atoms with Crippen molar-refractivity contribution in [3.05, 3.63) is 30.3 Å². The molecule has 0 unspecified atom stereocenters. The minimum Gasteiger partial charge on any atom is -0.320 e. The number of benzene rings is 1. The second kappa shape index (κ2) is 6.12. The van der Waals surface area contributed by atoms with E-state index in [2.05, 4.69) is 10.9 Å². The number of hydrogen-bond acceptors (Lipinski definition) is 3. The quantitative estimate of drug-likeness (QED) is 0.660. The molecule has 1 aromatic rings. The zero-order valence-corrected chi connectivity index (χ0v) is 9.73. The Balaban J connectivity index is 2.35. The summed E-state index contributed by atoms with van der Waals surface area (Å²) in [6.45, 7) is 4.08. The predicted octanol–water partition coefficient (Wildman–Crippen LogP) is 1.50. The molecule has 0 radical (unpaired) electrons. The van der Waals surface area contributed by atoms with E-state index in [-0.39, 0.29) is 5.91 Å². The van der Waals surface area contributed by atoms with Crippen LogP contribution in [0.2, 0.25) is 0 Å². The van der Waals surface area contributed by atoms with E-state index in [0.29, 0.717) is 12.3 Å². The first kappa shape index (κ1) is 12.5. The maximum Gasteiger partial charge on any atom is 0.255 e. The predicted molar refractivity (Wildman–Crippen MR) is 65.6 cm³/mol. The van der Waals surface area contributed by atoms with Crippen LogP contribution in [0.3, 0.4) is 0 Å². The van der Waals surface area contributed by atoms with Crippen LogP contribution in [0.15, 0.2) is 30.3 Å². The van der Waals surface area contributed by atoms with Crippen LogP contribution in [-0.4, -0.2) is 11.9 Å². The largest absolute Gasteiger partial charge is 0.320 e. The van der Waals surface area contributed by atoms with Crippen molar-refractivity contribution < 1.29 is 4.79 Å². The highest BCUT2D eigenvalue weighted by molar-refractivity contribution is 5.82. The minimum absolute atomic E-state index is 0.183. The highest BCUT2D eigenvalue weighted by atomic mass is 16.2. The summed E-state index contributed by atoms with van der Waals surface area (Å²) in [5.41, 5.74) is 12.0. The Morgan fingerprint density at radius 2 is 1.94 bits per heavy atom. The molecule has 1 amide bonds. The van der Waals surface area contributed by atoms with E-state index in [1.165, 1.54) is 0 Å². The Labute approximate surface area is 96.2 Å². The molecule has 1 atom stereocenters. The van der Waals surface area contributed by atoms with Crippen LogP contribution >= 0.6 is 0 Å². The molecule has 0 saturated heterocycles. The van der Waals surface area contributed by atoms with E-state index in [1.54, 1.807) is 0 Å². The topological polar surface area (TPSA) is 67.2 Å². The molecule has 0 heterocycles. The summed E-state index contributed by atoms with van der Waals surface area (Å²) in [6, 6.07) is 8.97. The smallest absolute Gasteiger partial charge is 0.255 e. The number of hydrazine groups is 1. The molecule has 0 fully saturated rings. The molecule has 88 valence electrons. The van der Waals surface area contributed by atoms with Crippen LogP contribution in [-0.2, 0) is 4.79 Å². The number of nitrogens with one attached hydrogen (secondary N) is 2. The van der Waals surface area contributed by atoms with Gasteiger partial charge in [-0.1, -0.05) is 32.0 Å². The van der Waals surface area contributed by atoms with Gasteiger partial charge in [-0.2, -0.15) is 0 Å². The zero-order chi connectivity index (χ0) is 12.0. The molecule has 0 aliphatic carbocycles. The van der Waals surface area contributed by atoms with Gasteiger partial charge in [0.2, 0.25) is 0 Å². The monoisotopic (exact) mass is 221 g/mol. The van der Waals surface area contributed by atoms with E-state index in [1.807, 2.05) is 44.2 Å². The van der Waals surface area contributed by atoms with Gasteiger partial charge < -0.3 is 5.73 Å². The molecule has 4 nitrogen and oxygen atoms in total. The molecule has 1 aromatic carbocycles. The van der Waals surface area contributed by atoms with Gasteiger partial charge in [-0.25, -0.2) is 0 Å². The summed E-state index contributed by atoms with van der Waals surface area (Å²) in [5.74, 6) is 0.232. The van der Waals surface area contributed by atoms with Crippen molar-refractivity contribution in [1.82, 2.24) is 5.43 Å². The lowest BCUT2D eigenvalue weighted by Gasteiger charge is -2.15. The first-order valence-corrected chi connectivity index (χ1v) is 5.46. The SMILES string of the molecule is CC(C)C[C@@H](N)C(=O)NNc1ccccc1. The molecule has 16 heavy (non-hydrogen) atoms. The highest BCUT2D eigenvalue weighted by Crippen LogP contribution is 2.04. The fourth-order valence-electron chi connectivity index (χ4n) is 1.36. The van der Waals surface area contributed by atoms with Gasteiger partial charge in [-0.3, -0.25) is 15.6 Å². The van der Waals surface area contributed by atoms with Crippen LogP contribution in [0.4, 0.5) is 5.69 Å². The van der Waals surface area contributed by atoms with Crippen LogP contribution in [0.5, 0.6) is 0 Å². The first-order valence-electron chi connectivity index (χ1n) is 5.46. The third kappa shape index (κ3) is 4.31. The molecule has 0 bridgehead atoms. The van der Waals surface area contributed by atoms with Crippen molar-refractivity contribution in [2.24, 2.45) is 11.7 Å². The van der Waals surface area contributed by atoms with Gasteiger partial charge in [0, 0.05) is 0 Å². The van der Waals surface area contributed by atoms with Crippen molar-refractivity contribution in [2.45, 2.75) is 26.3 Å². The summed E-state index contributed by atoms with van der Waals surface area (Å²) in [4.78, 5) is 11.6. The summed E-state index contributed by atoms with van der Waals surface area (Å²) in [5, 5.41) is 0. The van der Waals surface area contributed by atoms with E-state index >= 15 is 0 Å². The number of rotatable bonds is 5. The average Bonchev–Trinajstić information content (AvgIpc) is 2.26. The fraction of sp³-hybridized carbons (Fsp3) is 0.417. The number of hydrogen-bond donors (Lipinski definition) is 3. The van der Waals surface area contributed by atoms with E-state index in [0.717, 1.165) is 5.69 Å². The van der Waals surface area contributed by atoms with Gasteiger partial charge in [0.1, 0.15) is 0 Å². The van der Waals surface area contributed by atoms with Gasteiger partial charge >= 0.3 is 0 Å². The van der Waals surface area contributed by atoms with E-state index in [9.17, 15) is 4.79 Å². The lowest BCUT2D eigenvalue weighted by atomic mass is 10.0. The van der Waals surface area contributed by atoms with Gasteiger partial charge in [0.15, 0.2) is 0 Å². The molecule has 4 heteroatoms. The van der Waals surface area contributed by atoms with Crippen LogP contribution in [0.25, 0.3) is 0 Å². The van der Waals surface area contributed by atoms with Crippen molar-refractivity contribution in [3.63, 3.8) is 0 Å². The minimum atomic E-state index is -0.462. The van der Waals surface area contributed by atoms with Gasteiger partial charge in [0.05, 0.1) is 11.7 Å². The van der Waals surface area contributed by atoms with E-state index in [4.69, 9.17) is 5.73 Å². The van der Waals surface area contributed by atoms with Crippen LogP contribution < -0.4 is 16.6 Å². The number of carbonyl (C=O) groups is 1. The molecule has 0 spiro atoms. The van der Waals surface area contributed by atoms with Crippen molar-refractivity contribution in [3.8, 4) is 0 Å². The molecule has 0 aliphatic heterocycles. The molecular weight excluding hydrogens is 202 g/mol. The van der Waals surface area contributed by atoms with Gasteiger partial charge in [0.25, 0.3) is 5.91 Å². The van der Waals surface area contributed by atoms with Crippen LogP contribution in [0, 0.1) is 5.92 Å². The zero-order valence-electron chi connectivity index (χ0n) is 9.73. The Bertz CT molecular complexity index is 324. The molecule has 4 N–H and O–H groups in total. The Hall–Kier alpha value is -1.55. The van der Waals surface area contributed by atoms with Crippen molar-refractivity contribution in [1.29, 1.82) is 0 Å². The number of carbonyl (C=O) groups excluding carboxylic acids is 1. The first-order chi connectivity index (χ1) is 7.59. The standard InChI is InChI=1S/C12H19N3O/c1-9(2)8-11(13)12(16)15-14-10-6-4-3-5-7-10/h3-7,9,11,14H,8,13H2,1-2H3,(H,15,16)/t11-/m1/s1. The Morgan fingerprint density at radius 3 is 2.50 bits per heavy atom. The summed E-state index contributed by atoms with van der Waals surface area (Å²) < 4.78 is 0. The molecule has 0 saturated carbocycles. The van der Waals surface area contributed by atoms with Crippen molar-refractivity contribution >= 4 is 11.6 Å². The number of nitrogens with two attached hydrogens (primary N) is 1. The van der Waals surface area contributed by atoms with Crippen molar-refractivity contribution in [2.75, 3.05) is 5.43 Å². The summed E-state index contributed by atoms with van der Waals surface area (Å²) >= 11 is 0. The number of para-hydroxylation sites is 1. The fourth-order valence-corrected chi connectivity index (χ4v) is 1.36. The maximum atomic E-state index is 11.6. The third-order valence-electron chi connectivity index (χ3n) is 2.17. The van der Waals surface area contributed by atoms with Gasteiger partial charge in [-0.15, -0.1) is 0 Å². The lowest BCUT2D eigenvalue weighted by Crippen LogP contribution is -2.43. The lowest BCUT2D eigenvalue weighted by molar-refractivity contribution is -0.122. The molecule has 0 aromatic heterocycles. The molecule has 0 aliphatic rings. The molecule has 1 rings (SSSR count). The Morgan fingerprint density at radius 1 is 1.31 bits per heavy atom. The third-order valence-corrected chi connectivity index (χ3v) is 2.17. The number of anilines is 1. The van der Waals surface area contributed by atoms with E-state index < -0.39 is 6.04 Å². The van der Waals surface area contributed by atoms with Crippen LogP contribution in [0.1, 0.15) is 20.3 Å². The summed E-state index contributed by atoms with van der Waals surface area (Å²) in [6.07, 6.45) is 0.683. The normalized spacial score (nSPS) is 12.2. The average molecular weight is 221 g/mol. The second-order valence-corrected chi connectivity index (χ2v) is 4.22. The highest BCUT2D eigenvalue weighted by Gasteiger charge is 2.14. The maximum absolute atomic E-state index is 11.6. The summed E-state index contributed by atoms with van der Waals surface area (Å²) in [7, 11) is 0. The number of amides is 1. The second-order valence-electron chi connectivity index (χ2n) is 4.22. The Kier molecular flexibility index (Phi) is 4.79. The molecular formula is C12H19N3O.